The van der Waals surface area contributed by atoms with Crippen LogP contribution in [0.3, 0.4) is 0 Å². The fourth-order valence-electron chi connectivity index (χ4n) is 1.45. The summed E-state index contributed by atoms with van der Waals surface area (Å²) >= 11 is 4.63. The van der Waals surface area contributed by atoms with Gasteiger partial charge in [0.25, 0.3) is 0 Å². The Kier molecular flexibility index (Phi) is 3.71. The van der Waals surface area contributed by atoms with Crippen LogP contribution in [0.15, 0.2) is 36.4 Å². The second-order valence-electron chi connectivity index (χ2n) is 3.69. The van der Waals surface area contributed by atoms with Crippen LogP contribution in [0.25, 0.3) is 0 Å². The van der Waals surface area contributed by atoms with Gasteiger partial charge in [-0.2, -0.15) is 0 Å². The van der Waals surface area contributed by atoms with Crippen molar-refractivity contribution >= 4 is 17.2 Å². The van der Waals surface area contributed by atoms with Gasteiger partial charge in [-0.3, -0.25) is 0 Å². The first-order valence-corrected chi connectivity index (χ1v) is 5.60. The molecule has 0 heterocycles. The average Bonchev–Trinajstić information content (AvgIpc) is 2.33. The molecule has 0 unspecified atom stereocenters. The summed E-state index contributed by atoms with van der Waals surface area (Å²) in [5.74, 6) is -3.15. The molecule has 0 aliphatic heterocycles. The first kappa shape index (κ1) is 13.4. The number of nitrogens with two attached hydrogens (primary N) is 1. The van der Waals surface area contributed by atoms with Crippen molar-refractivity contribution in [2.45, 2.75) is 0 Å². The zero-order chi connectivity index (χ0) is 14.0. The summed E-state index contributed by atoms with van der Waals surface area (Å²) in [6, 6.07) is 6.86. The molecule has 0 amide bonds. The largest absolute Gasteiger partial charge is 0.451 e. The molecule has 2 nitrogen and oxygen atoms in total. The molecule has 0 aromatic heterocycles. The zero-order valence-electron chi connectivity index (χ0n) is 9.49. The van der Waals surface area contributed by atoms with Gasteiger partial charge in [-0.25, -0.2) is 13.2 Å². The minimum atomic E-state index is -0.966. The van der Waals surface area contributed by atoms with Crippen LogP contribution < -0.4 is 10.5 Å². The summed E-state index contributed by atoms with van der Waals surface area (Å²) in [7, 11) is 0. The van der Waals surface area contributed by atoms with Crippen LogP contribution in [0.2, 0.25) is 0 Å². The number of halogens is 3. The lowest BCUT2D eigenvalue weighted by Crippen LogP contribution is -2.10. The molecule has 98 valence electrons. The van der Waals surface area contributed by atoms with E-state index < -0.39 is 23.2 Å². The van der Waals surface area contributed by atoms with Crippen LogP contribution in [0.1, 0.15) is 5.56 Å². The molecule has 6 heteroatoms. The summed E-state index contributed by atoms with van der Waals surface area (Å²) in [5, 5.41) is 0. The number of thiocarbonyl (C=S) groups is 1. The normalized spacial score (nSPS) is 10.3. The molecule has 2 aromatic carbocycles. The second kappa shape index (κ2) is 5.27. The number of hydrogen-bond acceptors (Lipinski definition) is 2. The molecular weight excluding hydrogens is 275 g/mol. The lowest BCUT2D eigenvalue weighted by molar-refractivity contribution is 0.405. The predicted molar refractivity (Wildman–Crippen MR) is 68.7 cm³/mol. The highest BCUT2D eigenvalue weighted by molar-refractivity contribution is 7.80. The van der Waals surface area contributed by atoms with Crippen molar-refractivity contribution in [1.82, 2.24) is 0 Å². The topological polar surface area (TPSA) is 35.2 Å². The zero-order valence-corrected chi connectivity index (χ0v) is 10.3. The van der Waals surface area contributed by atoms with Crippen molar-refractivity contribution in [3.63, 3.8) is 0 Å². The SMILES string of the molecule is NC(=S)c1cc(F)c(Oc2cccc(F)c2)c(F)c1. The highest BCUT2D eigenvalue weighted by atomic mass is 32.1. The van der Waals surface area contributed by atoms with E-state index in [0.29, 0.717) is 0 Å². The van der Waals surface area contributed by atoms with E-state index in [1.807, 2.05) is 0 Å². The van der Waals surface area contributed by atoms with Gasteiger partial charge in [0.1, 0.15) is 16.6 Å². The molecule has 0 radical (unpaired) electrons. The van der Waals surface area contributed by atoms with E-state index in [4.69, 9.17) is 10.5 Å². The maximum absolute atomic E-state index is 13.7. The minimum absolute atomic E-state index is 0.0131. The van der Waals surface area contributed by atoms with Gasteiger partial charge in [-0.1, -0.05) is 18.3 Å². The van der Waals surface area contributed by atoms with Crippen LogP contribution in [0.4, 0.5) is 13.2 Å². The summed E-state index contributed by atoms with van der Waals surface area (Å²) in [6.45, 7) is 0. The lowest BCUT2D eigenvalue weighted by atomic mass is 10.2. The molecule has 0 atom stereocenters. The Morgan fingerprint density at radius 1 is 1.05 bits per heavy atom. The maximum Gasteiger partial charge on any atom is 0.198 e. The van der Waals surface area contributed by atoms with E-state index >= 15 is 0 Å². The third-order valence-corrected chi connectivity index (χ3v) is 2.53. The lowest BCUT2D eigenvalue weighted by Gasteiger charge is -2.09. The van der Waals surface area contributed by atoms with Crippen molar-refractivity contribution < 1.29 is 17.9 Å². The van der Waals surface area contributed by atoms with Gasteiger partial charge in [-0.05, 0) is 24.3 Å². The van der Waals surface area contributed by atoms with Gasteiger partial charge >= 0.3 is 0 Å². The van der Waals surface area contributed by atoms with E-state index in [2.05, 4.69) is 12.2 Å². The summed E-state index contributed by atoms with van der Waals surface area (Å²) < 4.78 is 45.3. The third-order valence-electron chi connectivity index (χ3n) is 2.30. The Labute approximate surface area is 112 Å². The van der Waals surface area contributed by atoms with Crippen LogP contribution in [-0.4, -0.2) is 4.99 Å². The van der Waals surface area contributed by atoms with E-state index in [0.717, 1.165) is 18.2 Å². The van der Waals surface area contributed by atoms with Crippen molar-refractivity contribution in [3.8, 4) is 11.5 Å². The quantitative estimate of drug-likeness (QED) is 0.875. The van der Waals surface area contributed by atoms with E-state index in [1.54, 1.807) is 0 Å². The predicted octanol–water partition coefficient (Wildman–Crippen LogP) is 3.53. The van der Waals surface area contributed by atoms with Gasteiger partial charge in [-0.15, -0.1) is 0 Å². The van der Waals surface area contributed by atoms with E-state index in [1.165, 1.54) is 18.2 Å². The first-order valence-electron chi connectivity index (χ1n) is 5.19. The Bertz CT molecular complexity index is 623. The standard InChI is InChI=1S/C13H8F3NOS/c14-8-2-1-3-9(6-8)18-12-10(15)4-7(13(17)19)5-11(12)16/h1-6H,(H2,17,19). The van der Waals surface area contributed by atoms with E-state index in [-0.39, 0.29) is 16.3 Å². The Morgan fingerprint density at radius 3 is 2.21 bits per heavy atom. The smallest absolute Gasteiger partial charge is 0.198 e. The van der Waals surface area contributed by atoms with Crippen molar-refractivity contribution in [2.24, 2.45) is 5.73 Å². The molecule has 0 spiro atoms. The molecule has 19 heavy (non-hydrogen) atoms. The molecule has 0 saturated heterocycles. The van der Waals surface area contributed by atoms with Crippen molar-refractivity contribution in [3.05, 3.63) is 59.4 Å². The molecule has 0 fully saturated rings. The molecular formula is C13H8F3NOS. The molecule has 2 rings (SSSR count). The highest BCUT2D eigenvalue weighted by Gasteiger charge is 2.15. The van der Waals surface area contributed by atoms with Crippen LogP contribution >= 0.6 is 12.2 Å². The minimum Gasteiger partial charge on any atom is -0.451 e. The Balaban J connectivity index is 2.38. The first-order chi connectivity index (χ1) is 8.97. The third kappa shape index (κ3) is 3.03. The van der Waals surface area contributed by atoms with Crippen LogP contribution in [-0.2, 0) is 0 Å². The van der Waals surface area contributed by atoms with Gasteiger partial charge in [0.05, 0.1) is 0 Å². The van der Waals surface area contributed by atoms with Crippen molar-refractivity contribution in [1.29, 1.82) is 0 Å². The summed E-state index contributed by atoms with van der Waals surface area (Å²) in [4.78, 5) is -0.130. The Morgan fingerprint density at radius 2 is 1.68 bits per heavy atom. The fraction of sp³-hybridized carbons (Fsp3) is 0. The van der Waals surface area contributed by atoms with Gasteiger partial charge in [0.15, 0.2) is 17.4 Å². The van der Waals surface area contributed by atoms with Gasteiger partial charge < -0.3 is 10.5 Å². The molecule has 0 saturated carbocycles. The summed E-state index contributed by atoms with van der Waals surface area (Å²) in [6.07, 6.45) is 0. The number of rotatable bonds is 3. The summed E-state index contributed by atoms with van der Waals surface area (Å²) in [5.41, 5.74) is 5.33. The van der Waals surface area contributed by atoms with E-state index in [9.17, 15) is 13.2 Å². The number of benzene rings is 2. The molecule has 2 N–H and O–H groups in total. The van der Waals surface area contributed by atoms with Gasteiger partial charge in [0, 0.05) is 11.6 Å². The molecule has 0 bridgehead atoms. The monoisotopic (exact) mass is 283 g/mol. The van der Waals surface area contributed by atoms with Crippen LogP contribution in [0.5, 0.6) is 11.5 Å². The second-order valence-corrected chi connectivity index (χ2v) is 4.13. The van der Waals surface area contributed by atoms with Crippen LogP contribution in [0, 0.1) is 17.5 Å². The van der Waals surface area contributed by atoms with Gasteiger partial charge in [0.2, 0.25) is 0 Å². The average molecular weight is 283 g/mol. The fourth-order valence-corrected chi connectivity index (χ4v) is 1.57. The molecule has 2 aromatic rings. The van der Waals surface area contributed by atoms with Crippen molar-refractivity contribution in [2.75, 3.05) is 0 Å². The highest BCUT2D eigenvalue weighted by Crippen LogP contribution is 2.28. The number of hydrogen-bond donors (Lipinski definition) is 1. The molecule has 0 aliphatic rings. The maximum atomic E-state index is 13.7. The Hall–Kier alpha value is -2.08. The number of ether oxygens (including phenoxy) is 1. The molecule has 0 aliphatic carbocycles.